The van der Waals surface area contributed by atoms with Crippen LogP contribution in [0, 0.1) is 5.82 Å². The van der Waals surface area contributed by atoms with Crippen molar-refractivity contribution in [2.75, 3.05) is 6.54 Å². The van der Waals surface area contributed by atoms with Crippen molar-refractivity contribution >= 4 is 6.03 Å². The van der Waals surface area contributed by atoms with Crippen LogP contribution in [0.3, 0.4) is 0 Å². The van der Waals surface area contributed by atoms with Gasteiger partial charge < -0.3 is 15.7 Å². The molecule has 1 heterocycles. The topological polar surface area (TPSA) is 74.2 Å². The number of rotatable bonds is 6. The predicted molar refractivity (Wildman–Crippen MR) is 80.5 cm³/mol. The average Bonchev–Trinajstić information content (AvgIpc) is 2.55. The van der Waals surface area contributed by atoms with Crippen LogP contribution in [0.5, 0.6) is 0 Å². The molecule has 0 bridgehead atoms. The highest BCUT2D eigenvalue weighted by molar-refractivity contribution is 5.73. The van der Waals surface area contributed by atoms with Gasteiger partial charge in [-0.1, -0.05) is 18.2 Å². The molecule has 0 aliphatic carbocycles. The number of halogens is 1. The van der Waals surface area contributed by atoms with Gasteiger partial charge in [0.15, 0.2) is 0 Å². The zero-order valence-electron chi connectivity index (χ0n) is 12.1. The van der Waals surface area contributed by atoms with E-state index in [1.54, 1.807) is 30.3 Å². The molecule has 0 aliphatic heterocycles. The molecule has 3 N–H and O–H groups in total. The van der Waals surface area contributed by atoms with E-state index < -0.39 is 0 Å². The van der Waals surface area contributed by atoms with Gasteiger partial charge in [0.05, 0.1) is 24.5 Å². The Morgan fingerprint density at radius 1 is 1.09 bits per heavy atom. The van der Waals surface area contributed by atoms with Crippen LogP contribution in [-0.4, -0.2) is 22.7 Å². The normalized spacial score (nSPS) is 10.3. The van der Waals surface area contributed by atoms with Gasteiger partial charge in [0.25, 0.3) is 0 Å². The van der Waals surface area contributed by atoms with Gasteiger partial charge in [0, 0.05) is 6.54 Å². The van der Waals surface area contributed by atoms with E-state index in [4.69, 9.17) is 5.11 Å². The summed E-state index contributed by atoms with van der Waals surface area (Å²) in [5.41, 5.74) is 2.20. The number of pyridine rings is 1. The number of aliphatic hydroxyl groups excluding tert-OH is 1. The fraction of sp³-hybridized carbons (Fsp3) is 0.250. The molecule has 116 valence electrons. The highest BCUT2D eigenvalue weighted by Crippen LogP contribution is 2.02. The Labute approximate surface area is 128 Å². The van der Waals surface area contributed by atoms with Gasteiger partial charge >= 0.3 is 6.03 Å². The molecule has 5 nitrogen and oxygen atoms in total. The van der Waals surface area contributed by atoms with Crippen LogP contribution in [0.25, 0.3) is 0 Å². The first kappa shape index (κ1) is 15.9. The molecule has 0 saturated heterocycles. The summed E-state index contributed by atoms with van der Waals surface area (Å²) >= 11 is 0. The summed E-state index contributed by atoms with van der Waals surface area (Å²) < 4.78 is 12.8. The van der Waals surface area contributed by atoms with Crippen molar-refractivity contribution in [1.29, 1.82) is 0 Å². The number of hydrogen-bond donors (Lipinski definition) is 3. The minimum Gasteiger partial charge on any atom is -0.390 e. The van der Waals surface area contributed by atoms with Gasteiger partial charge in [-0.2, -0.15) is 0 Å². The predicted octanol–water partition coefficient (Wildman–Crippen LogP) is 1.75. The number of urea groups is 1. The molecule has 1 aromatic carbocycles. The second-order valence-electron chi connectivity index (χ2n) is 4.76. The molecule has 0 unspecified atom stereocenters. The van der Waals surface area contributed by atoms with E-state index in [1.807, 2.05) is 0 Å². The first-order chi connectivity index (χ1) is 10.7. The Morgan fingerprint density at radius 3 is 2.55 bits per heavy atom. The Bertz CT molecular complexity index is 617. The maximum absolute atomic E-state index is 12.8. The minimum absolute atomic E-state index is 0.127. The molecule has 22 heavy (non-hydrogen) atoms. The Morgan fingerprint density at radius 2 is 1.82 bits per heavy atom. The standard InChI is InChI=1S/C16H18FN3O2/c17-13-6-4-12(5-7-13)8-9-18-16(22)19-10-14-2-1-3-15(11-21)20-14/h1-7,21H,8-11H2,(H2,18,19,22). The van der Waals surface area contributed by atoms with E-state index in [2.05, 4.69) is 15.6 Å². The molecule has 6 heteroatoms. The van der Waals surface area contributed by atoms with Crippen molar-refractivity contribution < 1.29 is 14.3 Å². The number of carbonyl (C=O) groups is 1. The van der Waals surface area contributed by atoms with E-state index in [-0.39, 0.29) is 25.0 Å². The summed E-state index contributed by atoms with van der Waals surface area (Å²) in [4.78, 5) is 15.8. The highest BCUT2D eigenvalue weighted by Gasteiger charge is 2.02. The summed E-state index contributed by atoms with van der Waals surface area (Å²) in [7, 11) is 0. The van der Waals surface area contributed by atoms with Crippen LogP contribution in [0.15, 0.2) is 42.5 Å². The lowest BCUT2D eigenvalue weighted by Crippen LogP contribution is -2.36. The summed E-state index contributed by atoms with van der Waals surface area (Å²) in [5.74, 6) is -0.271. The van der Waals surface area contributed by atoms with E-state index in [9.17, 15) is 9.18 Å². The van der Waals surface area contributed by atoms with Crippen molar-refractivity contribution in [2.45, 2.75) is 19.6 Å². The Balaban J connectivity index is 1.70. The third-order valence-electron chi connectivity index (χ3n) is 3.07. The molecule has 2 rings (SSSR count). The van der Waals surface area contributed by atoms with Crippen LogP contribution in [-0.2, 0) is 19.6 Å². The molecule has 0 fully saturated rings. The lowest BCUT2D eigenvalue weighted by atomic mass is 10.1. The van der Waals surface area contributed by atoms with E-state index >= 15 is 0 Å². The first-order valence-electron chi connectivity index (χ1n) is 6.99. The van der Waals surface area contributed by atoms with Crippen molar-refractivity contribution in [1.82, 2.24) is 15.6 Å². The van der Waals surface area contributed by atoms with E-state index in [1.165, 1.54) is 12.1 Å². The monoisotopic (exact) mass is 303 g/mol. The Kier molecular flexibility index (Phi) is 5.85. The van der Waals surface area contributed by atoms with Crippen molar-refractivity contribution in [2.24, 2.45) is 0 Å². The molecule has 2 aromatic rings. The van der Waals surface area contributed by atoms with Crippen molar-refractivity contribution in [3.63, 3.8) is 0 Å². The fourth-order valence-electron chi connectivity index (χ4n) is 1.92. The number of nitrogens with one attached hydrogen (secondary N) is 2. The van der Waals surface area contributed by atoms with Gasteiger partial charge in [-0.15, -0.1) is 0 Å². The molecule has 2 amide bonds. The zero-order valence-corrected chi connectivity index (χ0v) is 12.1. The summed E-state index contributed by atoms with van der Waals surface area (Å²) in [6.45, 7) is 0.621. The van der Waals surface area contributed by atoms with Gasteiger partial charge in [0.2, 0.25) is 0 Å². The summed E-state index contributed by atoms with van der Waals surface area (Å²) in [5, 5.41) is 14.4. The molecule has 1 aromatic heterocycles. The maximum Gasteiger partial charge on any atom is 0.315 e. The molecule has 0 saturated carbocycles. The van der Waals surface area contributed by atoms with Gasteiger partial charge in [0.1, 0.15) is 5.82 Å². The SMILES string of the molecule is O=C(NCCc1ccc(F)cc1)NCc1cccc(CO)n1. The highest BCUT2D eigenvalue weighted by atomic mass is 19.1. The zero-order chi connectivity index (χ0) is 15.8. The maximum atomic E-state index is 12.8. The smallest absolute Gasteiger partial charge is 0.315 e. The largest absolute Gasteiger partial charge is 0.390 e. The number of carbonyl (C=O) groups excluding carboxylic acids is 1. The molecule has 0 atom stereocenters. The number of aromatic nitrogens is 1. The first-order valence-corrected chi connectivity index (χ1v) is 6.99. The van der Waals surface area contributed by atoms with Crippen LogP contribution >= 0.6 is 0 Å². The quantitative estimate of drug-likeness (QED) is 0.761. The van der Waals surface area contributed by atoms with Gasteiger partial charge in [-0.05, 0) is 36.2 Å². The molecule has 0 aliphatic rings. The summed E-state index contributed by atoms with van der Waals surface area (Å²) in [6, 6.07) is 11.2. The lowest BCUT2D eigenvalue weighted by Gasteiger charge is -2.08. The number of hydrogen-bond acceptors (Lipinski definition) is 3. The number of nitrogens with zero attached hydrogens (tertiary/aromatic N) is 1. The lowest BCUT2D eigenvalue weighted by molar-refractivity contribution is 0.240. The molecular formula is C16H18FN3O2. The number of amides is 2. The fourth-order valence-corrected chi connectivity index (χ4v) is 1.92. The van der Waals surface area contributed by atoms with E-state index in [0.717, 1.165) is 5.56 Å². The third kappa shape index (κ3) is 5.14. The summed E-state index contributed by atoms with van der Waals surface area (Å²) in [6.07, 6.45) is 0.631. The second kappa shape index (κ2) is 8.09. The van der Waals surface area contributed by atoms with Crippen LogP contribution in [0.4, 0.5) is 9.18 Å². The number of benzene rings is 1. The Hall–Kier alpha value is -2.47. The molecule has 0 radical (unpaired) electrons. The van der Waals surface area contributed by atoms with Crippen LogP contribution < -0.4 is 10.6 Å². The van der Waals surface area contributed by atoms with Crippen molar-refractivity contribution in [3.8, 4) is 0 Å². The van der Waals surface area contributed by atoms with Crippen LogP contribution in [0.2, 0.25) is 0 Å². The second-order valence-corrected chi connectivity index (χ2v) is 4.76. The van der Waals surface area contributed by atoms with Gasteiger partial charge in [-0.25, -0.2) is 9.18 Å². The molecule has 0 spiro atoms. The van der Waals surface area contributed by atoms with E-state index in [0.29, 0.717) is 24.4 Å². The number of aliphatic hydroxyl groups is 1. The minimum atomic E-state index is -0.293. The van der Waals surface area contributed by atoms with Gasteiger partial charge in [-0.3, -0.25) is 4.98 Å². The van der Waals surface area contributed by atoms with Crippen molar-refractivity contribution in [3.05, 3.63) is 65.2 Å². The molecular weight excluding hydrogens is 285 g/mol. The van der Waals surface area contributed by atoms with Crippen LogP contribution in [0.1, 0.15) is 17.0 Å². The average molecular weight is 303 g/mol. The third-order valence-corrected chi connectivity index (χ3v) is 3.07.